The largest absolute Gasteiger partial charge is 0.382 e. The highest BCUT2D eigenvalue weighted by atomic mass is 32.1. The van der Waals surface area contributed by atoms with Crippen molar-refractivity contribution in [1.82, 2.24) is 19.6 Å². The molecule has 0 aliphatic carbocycles. The van der Waals surface area contributed by atoms with Gasteiger partial charge in [0.25, 0.3) is 0 Å². The van der Waals surface area contributed by atoms with Gasteiger partial charge in [0, 0.05) is 16.6 Å². The second kappa shape index (κ2) is 7.59. The Morgan fingerprint density at radius 3 is 2.45 bits per heavy atom. The normalized spacial score (nSPS) is 9.45. The molecule has 0 saturated carbocycles. The molecule has 20 heavy (non-hydrogen) atoms. The van der Waals surface area contributed by atoms with Gasteiger partial charge in [-0.3, -0.25) is 0 Å². The molecule has 0 amide bonds. The van der Waals surface area contributed by atoms with Crippen LogP contribution in [0.15, 0.2) is 23.3 Å². The fourth-order valence-electron chi connectivity index (χ4n) is 1.77. The smallest absolute Gasteiger partial charge is 0.152 e. The minimum atomic E-state index is 0.478. The van der Waals surface area contributed by atoms with Gasteiger partial charge >= 0.3 is 0 Å². The van der Waals surface area contributed by atoms with Gasteiger partial charge in [-0.2, -0.15) is 5.10 Å². The number of hydrogen-bond donors (Lipinski definition) is 1. The second-order valence-electron chi connectivity index (χ2n) is 3.48. The van der Waals surface area contributed by atoms with Crippen LogP contribution >= 0.6 is 11.3 Å². The van der Waals surface area contributed by atoms with Gasteiger partial charge in [-0.15, -0.1) is 11.3 Å². The molecule has 0 aromatic carbocycles. The van der Waals surface area contributed by atoms with Crippen molar-refractivity contribution in [2.75, 3.05) is 5.73 Å². The number of anilines is 1. The molecule has 0 radical (unpaired) electrons. The summed E-state index contributed by atoms with van der Waals surface area (Å²) in [6, 6.07) is 2.02. The van der Waals surface area contributed by atoms with Gasteiger partial charge in [-0.1, -0.05) is 27.7 Å². The fourth-order valence-corrected chi connectivity index (χ4v) is 2.32. The van der Waals surface area contributed by atoms with E-state index in [0.717, 1.165) is 22.5 Å². The van der Waals surface area contributed by atoms with Crippen molar-refractivity contribution in [2.45, 2.75) is 34.6 Å². The van der Waals surface area contributed by atoms with Crippen LogP contribution in [0, 0.1) is 6.92 Å². The maximum Gasteiger partial charge on any atom is 0.152 e. The Labute approximate surface area is 123 Å². The van der Waals surface area contributed by atoms with Gasteiger partial charge in [0.15, 0.2) is 5.82 Å². The van der Waals surface area contributed by atoms with Crippen molar-refractivity contribution in [3.8, 4) is 11.3 Å². The van der Waals surface area contributed by atoms with Crippen LogP contribution in [0.2, 0.25) is 0 Å². The Kier molecular flexibility index (Phi) is 6.11. The van der Waals surface area contributed by atoms with E-state index in [9.17, 15) is 0 Å². The van der Waals surface area contributed by atoms with Crippen molar-refractivity contribution in [2.24, 2.45) is 0 Å². The average Bonchev–Trinajstić information content (AvgIpc) is 3.12. The predicted molar refractivity (Wildman–Crippen MR) is 85.9 cm³/mol. The summed E-state index contributed by atoms with van der Waals surface area (Å²) in [5, 5.41) is 6.16. The first-order valence-electron chi connectivity index (χ1n) is 6.75. The van der Waals surface area contributed by atoms with Gasteiger partial charge in [-0.25, -0.2) is 14.5 Å². The number of aromatic nitrogens is 4. The summed E-state index contributed by atoms with van der Waals surface area (Å²) in [5.74, 6) is 0.478. The third-order valence-electron chi connectivity index (χ3n) is 2.47. The summed E-state index contributed by atoms with van der Waals surface area (Å²) in [5.41, 5.74) is 11.4. The van der Waals surface area contributed by atoms with Gasteiger partial charge in [0.2, 0.25) is 0 Å². The monoisotopic (exact) mass is 291 g/mol. The molecule has 3 rings (SSSR count). The van der Waals surface area contributed by atoms with Crippen LogP contribution in [0.4, 0.5) is 5.82 Å². The quantitative estimate of drug-likeness (QED) is 0.740. The van der Waals surface area contributed by atoms with Gasteiger partial charge in [0.05, 0.1) is 11.2 Å². The van der Waals surface area contributed by atoms with Crippen molar-refractivity contribution < 1.29 is 0 Å². The van der Waals surface area contributed by atoms with E-state index in [4.69, 9.17) is 5.73 Å². The average molecular weight is 291 g/mol. The van der Waals surface area contributed by atoms with E-state index in [-0.39, 0.29) is 0 Å². The van der Waals surface area contributed by atoms with Gasteiger partial charge < -0.3 is 5.73 Å². The number of nitrogens with zero attached hydrogens (tertiary/aromatic N) is 4. The van der Waals surface area contributed by atoms with Crippen LogP contribution in [-0.4, -0.2) is 19.6 Å². The van der Waals surface area contributed by atoms with E-state index in [2.05, 4.69) is 15.1 Å². The number of nitrogen functional groups attached to an aromatic ring is 1. The summed E-state index contributed by atoms with van der Waals surface area (Å²) in [4.78, 5) is 8.30. The number of aryl methyl sites for hydroxylation is 1. The lowest BCUT2D eigenvalue weighted by atomic mass is 10.2. The first kappa shape index (κ1) is 16.1. The number of rotatable bonds is 1. The maximum atomic E-state index is 5.88. The molecule has 0 aliphatic heterocycles. The molecule has 0 aliphatic rings. The Hall–Kier alpha value is -1.95. The highest BCUT2D eigenvalue weighted by molar-refractivity contribution is 7.07. The molecule has 3 aromatic rings. The lowest BCUT2D eigenvalue weighted by Crippen LogP contribution is -2.00. The highest BCUT2D eigenvalue weighted by Crippen LogP contribution is 2.29. The van der Waals surface area contributed by atoms with Crippen LogP contribution < -0.4 is 5.73 Å². The van der Waals surface area contributed by atoms with E-state index < -0.39 is 0 Å². The molecule has 5 nitrogen and oxygen atoms in total. The van der Waals surface area contributed by atoms with Crippen molar-refractivity contribution in [1.29, 1.82) is 0 Å². The molecular weight excluding hydrogens is 270 g/mol. The summed E-state index contributed by atoms with van der Waals surface area (Å²) in [6.07, 6.45) is 1.46. The highest BCUT2D eigenvalue weighted by Gasteiger charge is 2.13. The van der Waals surface area contributed by atoms with Crippen LogP contribution in [-0.2, 0) is 0 Å². The van der Waals surface area contributed by atoms with E-state index >= 15 is 0 Å². The number of thiazole rings is 1. The molecule has 108 valence electrons. The molecule has 0 unspecified atom stereocenters. The third-order valence-corrected chi connectivity index (χ3v) is 3.06. The van der Waals surface area contributed by atoms with Crippen LogP contribution in [0.5, 0.6) is 0 Å². The van der Waals surface area contributed by atoms with Crippen LogP contribution in [0.1, 0.15) is 33.4 Å². The fraction of sp³-hybridized carbons (Fsp3) is 0.357. The van der Waals surface area contributed by atoms with Crippen molar-refractivity contribution >= 4 is 22.7 Å². The standard InChI is InChI=1S/C10H9N5S.2C2H6/c1-6-2-7(8-3-16-5-13-8)9-10(11)12-4-14-15(6)9;2*1-2/h2-5H,1H3,(H2,11,12,14);2*1-2H3. The SMILES string of the molecule is CC.CC.Cc1cc(-c2cscn2)c2c(N)ncnn12. The molecule has 0 spiro atoms. The lowest BCUT2D eigenvalue weighted by Gasteiger charge is -1.99. The summed E-state index contributed by atoms with van der Waals surface area (Å²) >= 11 is 1.56. The van der Waals surface area contributed by atoms with E-state index in [1.54, 1.807) is 21.4 Å². The van der Waals surface area contributed by atoms with Crippen molar-refractivity contribution in [3.63, 3.8) is 0 Å². The minimum Gasteiger partial charge on any atom is -0.382 e. The first-order valence-corrected chi connectivity index (χ1v) is 7.69. The van der Waals surface area contributed by atoms with Crippen LogP contribution in [0.25, 0.3) is 16.8 Å². The van der Waals surface area contributed by atoms with Gasteiger partial charge in [0.1, 0.15) is 11.8 Å². The molecule has 3 heterocycles. The lowest BCUT2D eigenvalue weighted by molar-refractivity contribution is 0.875. The molecule has 0 fully saturated rings. The topological polar surface area (TPSA) is 69.1 Å². The molecule has 0 saturated heterocycles. The molecule has 2 N–H and O–H groups in total. The maximum absolute atomic E-state index is 5.88. The van der Waals surface area contributed by atoms with E-state index in [0.29, 0.717) is 5.82 Å². The van der Waals surface area contributed by atoms with Gasteiger partial charge in [-0.05, 0) is 13.0 Å². The minimum absolute atomic E-state index is 0.478. The van der Waals surface area contributed by atoms with Crippen molar-refractivity contribution in [3.05, 3.63) is 29.0 Å². The second-order valence-corrected chi connectivity index (χ2v) is 4.20. The number of nitrogens with two attached hydrogens (primary N) is 1. The molecule has 0 atom stereocenters. The predicted octanol–water partition coefficient (Wildman–Crippen LogP) is 3.80. The van der Waals surface area contributed by atoms with E-state index in [1.165, 1.54) is 6.33 Å². The molecule has 0 bridgehead atoms. The first-order chi connectivity index (χ1) is 9.77. The third kappa shape index (κ3) is 2.96. The summed E-state index contributed by atoms with van der Waals surface area (Å²) < 4.78 is 1.79. The number of fused-ring (bicyclic) bond motifs is 1. The van der Waals surface area contributed by atoms with Crippen LogP contribution in [0.3, 0.4) is 0 Å². The number of hydrogen-bond acceptors (Lipinski definition) is 5. The molecule has 3 aromatic heterocycles. The molecular formula is C14H21N5S. The molecule has 6 heteroatoms. The Bertz CT molecular complexity index is 643. The zero-order valence-electron chi connectivity index (χ0n) is 12.6. The Morgan fingerprint density at radius 1 is 1.15 bits per heavy atom. The van der Waals surface area contributed by atoms with E-state index in [1.807, 2.05) is 46.1 Å². The Balaban J connectivity index is 0.000000461. The zero-order chi connectivity index (χ0) is 15.1. The zero-order valence-corrected chi connectivity index (χ0v) is 13.4. The summed E-state index contributed by atoms with van der Waals surface area (Å²) in [7, 11) is 0. The Morgan fingerprint density at radius 2 is 1.85 bits per heavy atom. The summed E-state index contributed by atoms with van der Waals surface area (Å²) in [6.45, 7) is 9.98.